The highest BCUT2D eigenvalue weighted by Gasteiger charge is 2.10. The number of hydrogen-bond donors (Lipinski definition) is 2. The molecule has 21 heavy (non-hydrogen) atoms. The number of rotatable bonds is 4. The number of carbonyl (C=O) groups is 1. The van der Waals surface area contributed by atoms with E-state index in [4.69, 9.17) is 18.0 Å². The fourth-order valence-corrected chi connectivity index (χ4v) is 2.15. The van der Waals surface area contributed by atoms with E-state index in [0.29, 0.717) is 28.2 Å². The second-order valence-corrected chi connectivity index (χ2v) is 5.28. The fourth-order valence-electron chi connectivity index (χ4n) is 1.99. The van der Waals surface area contributed by atoms with Gasteiger partial charge in [0, 0.05) is 17.7 Å². The number of aryl methyl sites for hydroxylation is 1. The van der Waals surface area contributed by atoms with Crippen LogP contribution in [-0.2, 0) is 6.42 Å². The van der Waals surface area contributed by atoms with E-state index >= 15 is 0 Å². The van der Waals surface area contributed by atoms with Gasteiger partial charge in [-0.15, -0.1) is 0 Å². The summed E-state index contributed by atoms with van der Waals surface area (Å²) >= 11 is 4.85. The van der Waals surface area contributed by atoms with Crippen molar-refractivity contribution in [3.05, 3.63) is 65.0 Å². The van der Waals surface area contributed by atoms with E-state index in [1.807, 2.05) is 12.1 Å². The van der Waals surface area contributed by atoms with Gasteiger partial charge in [0.25, 0.3) is 5.91 Å². The summed E-state index contributed by atoms with van der Waals surface area (Å²) in [6.45, 7) is 1.70. The Morgan fingerprint density at radius 1 is 1.24 bits per heavy atom. The van der Waals surface area contributed by atoms with Crippen molar-refractivity contribution in [2.24, 2.45) is 5.73 Å². The first kappa shape index (κ1) is 15.1. The summed E-state index contributed by atoms with van der Waals surface area (Å²) in [7, 11) is 0. The molecule has 3 N–H and O–H groups in total. The molecule has 0 aliphatic heterocycles. The molecular weight excluding hydrogens is 287 g/mol. The Balaban J connectivity index is 2.10. The number of anilines is 1. The molecule has 3 nitrogen and oxygen atoms in total. The number of nitrogens with two attached hydrogens (primary N) is 1. The molecule has 0 atom stereocenters. The monoisotopic (exact) mass is 302 g/mol. The van der Waals surface area contributed by atoms with Crippen LogP contribution < -0.4 is 11.1 Å². The molecule has 0 fully saturated rings. The Hall–Kier alpha value is -2.27. The summed E-state index contributed by atoms with van der Waals surface area (Å²) in [5.41, 5.74) is 8.17. The van der Waals surface area contributed by atoms with Gasteiger partial charge in [0.05, 0.1) is 4.99 Å². The van der Waals surface area contributed by atoms with Gasteiger partial charge in [0.1, 0.15) is 5.82 Å². The Morgan fingerprint density at radius 3 is 2.48 bits per heavy atom. The van der Waals surface area contributed by atoms with E-state index in [1.54, 1.807) is 19.1 Å². The standard InChI is InChI=1S/C16H15FN2OS/c1-10-8-12(17)4-7-14(10)16(20)19-13-5-2-11(3-6-13)9-15(18)21/h2-8H,9H2,1H3,(H2,18,21)(H,19,20). The predicted octanol–water partition coefficient (Wildman–Crippen LogP) is 3.22. The second kappa shape index (κ2) is 6.45. The van der Waals surface area contributed by atoms with Crippen molar-refractivity contribution in [3.63, 3.8) is 0 Å². The van der Waals surface area contributed by atoms with Crippen molar-refractivity contribution in [2.45, 2.75) is 13.3 Å². The highest BCUT2D eigenvalue weighted by molar-refractivity contribution is 7.80. The number of thiocarbonyl (C=S) groups is 1. The first-order valence-corrected chi connectivity index (χ1v) is 6.81. The molecule has 2 aromatic rings. The SMILES string of the molecule is Cc1cc(F)ccc1C(=O)Nc1ccc(CC(N)=S)cc1. The Bertz CT molecular complexity index is 683. The number of nitrogens with one attached hydrogen (secondary N) is 1. The quantitative estimate of drug-likeness (QED) is 0.853. The molecule has 2 rings (SSSR count). The van der Waals surface area contributed by atoms with Crippen LogP contribution in [0.5, 0.6) is 0 Å². The molecule has 0 aliphatic rings. The third-order valence-corrected chi connectivity index (χ3v) is 3.17. The van der Waals surface area contributed by atoms with Gasteiger partial charge in [-0.05, 0) is 48.4 Å². The summed E-state index contributed by atoms with van der Waals surface area (Å²) in [6, 6.07) is 11.3. The molecule has 0 aromatic heterocycles. The molecule has 0 bridgehead atoms. The van der Waals surface area contributed by atoms with Gasteiger partial charge in [-0.25, -0.2) is 4.39 Å². The van der Waals surface area contributed by atoms with Crippen LogP contribution >= 0.6 is 12.2 Å². The number of halogens is 1. The zero-order valence-electron chi connectivity index (χ0n) is 11.5. The maximum Gasteiger partial charge on any atom is 0.255 e. The van der Waals surface area contributed by atoms with Crippen molar-refractivity contribution in [3.8, 4) is 0 Å². The zero-order chi connectivity index (χ0) is 15.4. The smallest absolute Gasteiger partial charge is 0.255 e. The topological polar surface area (TPSA) is 55.1 Å². The van der Waals surface area contributed by atoms with E-state index in [-0.39, 0.29) is 11.7 Å². The first-order valence-electron chi connectivity index (χ1n) is 6.40. The number of hydrogen-bond acceptors (Lipinski definition) is 2. The molecule has 108 valence electrons. The Morgan fingerprint density at radius 2 is 1.90 bits per heavy atom. The minimum atomic E-state index is -0.355. The minimum absolute atomic E-state index is 0.269. The normalized spacial score (nSPS) is 10.2. The van der Waals surface area contributed by atoms with Gasteiger partial charge in [0.2, 0.25) is 0 Å². The van der Waals surface area contributed by atoms with Crippen molar-refractivity contribution in [2.75, 3.05) is 5.32 Å². The zero-order valence-corrected chi connectivity index (χ0v) is 12.3. The van der Waals surface area contributed by atoms with E-state index < -0.39 is 0 Å². The summed E-state index contributed by atoms with van der Waals surface area (Å²) in [5.74, 6) is -0.624. The Labute approximate surface area is 128 Å². The summed E-state index contributed by atoms with van der Waals surface area (Å²) in [5, 5.41) is 2.77. The van der Waals surface area contributed by atoms with Crippen LogP contribution in [0.25, 0.3) is 0 Å². The third-order valence-electron chi connectivity index (χ3n) is 3.02. The average molecular weight is 302 g/mol. The van der Waals surface area contributed by atoms with Crippen molar-refractivity contribution in [1.82, 2.24) is 0 Å². The fraction of sp³-hybridized carbons (Fsp3) is 0.125. The molecule has 5 heteroatoms. The third kappa shape index (κ3) is 4.10. The van der Waals surface area contributed by atoms with Crippen molar-refractivity contribution >= 4 is 28.8 Å². The molecule has 1 amide bonds. The van der Waals surface area contributed by atoms with Gasteiger partial charge in [0.15, 0.2) is 0 Å². The van der Waals surface area contributed by atoms with Crippen molar-refractivity contribution < 1.29 is 9.18 Å². The highest BCUT2D eigenvalue weighted by Crippen LogP contribution is 2.15. The number of carbonyl (C=O) groups excluding carboxylic acids is 1. The number of benzene rings is 2. The maximum atomic E-state index is 13.0. The lowest BCUT2D eigenvalue weighted by Gasteiger charge is -2.08. The van der Waals surface area contributed by atoms with Crippen LogP contribution in [-0.4, -0.2) is 10.9 Å². The van der Waals surface area contributed by atoms with E-state index in [1.165, 1.54) is 18.2 Å². The highest BCUT2D eigenvalue weighted by atomic mass is 32.1. The predicted molar refractivity (Wildman–Crippen MR) is 86.0 cm³/mol. The van der Waals surface area contributed by atoms with Crippen LogP contribution in [0.1, 0.15) is 21.5 Å². The lowest BCUT2D eigenvalue weighted by atomic mass is 10.1. The lowest BCUT2D eigenvalue weighted by molar-refractivity contribution is 0.102. The van der Waals surface area contributed by atoms with Gasteiger partial charge in [-0.2, -0.15) is 0 Å². The van der Waals surface area contributed by atoms with Crippen LogP contribution in [0, 0.1) is 12.7 Å². The first-order chi connectivity index (χ1) is 9.95. The molecule has 0 aliphatic carbocycles. The molecule has 0 spiro atoms. The number of amides is 1. The summed E-state index contributed by atoms with van der Waals surface area (Å²) < 4.78 is 13.0. The van der Waals surface area contributed by atoms with Gasteiger partial charge in [-0.1, -0.05) is 24.4 Å². The van der Waals surface area contributed by atoms with Gasteiger partial charge in [-0.3, -0.25) is 4.79 Å². The molecule has 0 radical (unpaired) electrons. The van der Waals surface area contributed by atoms with Gasteiger partial charge < -0.3 is 11.1 Å². The molecular formula is C16H15FN2OS. The van der Waals surface area contributed by atoms with Crippen LogP contribution in [0.3, 0.4) is 0 Å². The largest absolute Gasteiger partial charge is 0.393 e. The molecule has 0 unspecified atom stereocenters. The van der Waals surface area contributed by atoms with Gasteiger partial charge >= 0.3 is 0 Å². The summed E-state index contributed by atoms with van der Waals surface area (Å²) in [6.07, 6.45) is 0.528. The molecule has 0 heterocycles. The van der Waals surface area contributed by atoms with E-state index in [2.05, 4.69) is 5.32 Å². The average Bonchev–Trinajstić information content (AvgIpc) is 2.40. The van der Waals surface area contributed by atoms with Crippen LogP contribution in [0.4, 0.5) is 10.1 Å². The van der Waals surface area contributed by atoms with Crippen LogP contribution in [0.2, 0.25) is 0 Å². The maximum absolute atomic E-state index is 13.0. The van der Waals surface area contributed by atoms with E-state index in [9.17, 15) is 9.18 Å². The molecule has 0 saturated carbocycles. The molecule has 2 aromatic carbocycles. The summed E-state index contributed by atoms with van der Waals surface area (Å²) in [4.78, 5) is 12.6. The Kier molecular flexibility index (Phi) is 4.65. The minimum Gasteiger partial charge on any atom is -0.393 e. The van der Waals surface area contributed by atoms with E-state index in [0.717, 1.165) is 5.56 Å². The lowest BCUT2D eigenvalue weighted by Crippen LogP contribution is -2.14. The van der Waals surface area contributed by atoms with Crippen LogP contribution in [0.15, 0.2) is 42.5 Å². The molecule has 0 saturated heterocycles. The second-order valence-electron chi connectivity index (χ2n) is 4.75. The van der Waals surface area contributed by atoms with Crippen molar-refractivity contribution in [1.29, 1.82) is 0 Å².